The summed E-state index contributed by atoms with van der Waals surface area (Å²) in [5.74, 6) is -0.345. The van der Waals surface area contributed by atoms with E-state index in [1.165, 1.54) is 12.3 Å². The molecule has 0 saturated carbocycles. The van der Waals surface area contributed by atoms with Crippen LogP contribution < -0.4 is 15.5 Å². The minimum atomic E-state index is -0.449. The number of hydrogen-bond acceptors (Lipinski definition) is 4. The van der Waals surface area contributed by atoms with Gasteiger partial charge < -0.3 is 20.4 Å². The number of guanidine groups is 1. The van der Waals surface area contributed by atoms with Crippen LogP contribution in [0.5, 0.6) is 0 Å². The maximum atomic E-state index is 14.0. The molecule has 2 heterocycles. The Morgan fingerprint density at radius 3 is 2.59 bits per heavy atom. The third-order valence-corrected chi connectivity index (χ3v) is 4.66. The lowest BCUT2D eigenvalue weighted by Crippen LogP contribution is -2.53. The molecule has 0 radical (unpaired) electrons. The zero-order chi connectivity index (χ0) is 20.6. The highest BCUT2D eigenvalue weighted by molar-refractivity contribution is 5.93. The second-order valence-corrected chi connectivity index (χ2v) is 6.54. The molecule has 1 aliphatic rings. The molecular formula is C20H24F2N6O. The van der Waals surface area contributed by atoms with Gasteiger partial charge in [0.25, 0.3) is 5.91 Å². The van der Waals surface area contributed by atoms with Gasteiger partial charge >= 0.3 is 0 Å². The molecule has 1 aliphatic heterocycles. The average molecular weight is 402 g/mol. The van der Waals surface area contributed by atoms with E-state index in [0.29, 0.717) is 50.8 Å². The van der Waals surface area contributed by atoms with Gasteiger partial charge in [0.15, 0.2) is 5.96 Å². The van der Waals surface area contributed by atoms with Crippen molar-refractivity contribution >= 4 is 17.6 Å². The van der Waals surface area contributed by atoms with Crippen LogP contribution in [0.25, 0.3) is 0 Å². The standard InChI is InChI=1S/C20H24F2N6O/c1-23-20(26-8-7-25-19(29)15-3-2-6-24-14-15)28-11-9-27(10-12-28)18-13-16(21)4-5-17(18)22/h2-6,13-14H,7-12H2,1H3,(H,23,26)(H,25,29). The van der Waals surface area contributed by atoms with Crippen molar-refractivity contribution < 1.29 is 13.6 Å². The Balaban J connectivity index is 1.44. The molecule has 3 rings (SSSR count). The molecule has 0 unspecified atom stereocenters. The third kappa shape index (κ3) is 5.40. The van der Waals surface area contributed by atoms with Gasteiger partial charge in [0.05, 0.1) is 11.3 Å². The molecule has 1 fully saturated rings. The summed E-state index contributed by atoms with van der Waals surface area (Å²) in [6, 6.07) is 6.91. The summed E-state index contributed by atoms with van der Waals surface area (Å²) in [5.41, 5.74) is 0.795. The number of carbonyl (C=O) groups excluding carboxylic acids is 1. The number of amides is 1. The molecule has 0 aliphatic carbocycles. The van der Waals surface area contributed by atoms with Crippen LogP contribution in [-0.4, -0.2) is 68.1 Å². The average Bonchev–Trinajstić information content (AvgIpc) is 2.76. The van der Waals surface area contributed by atoms with Crippen molar-refractivity contribution in [1.82, 2.24) is 20.5 Å². The van der Waals surface area contributed by atoms with Crippen molar-refractivity contribution in [2.24, 2.45) is 4.99 Å². The first kappa shape index (κ1) is 20.5. The van der Waals surface area contributed by atoms with Gasteiger partial charge in [-0.15, -0.1) is 0 Å². The van der Waals surface area contributed by atoms with Crippen molar-refractivity contribution in [3.8, 4) is 0 Å². The molecule has 1 amide bonds. The van der Waals surface area contributed by atoms with Gasteiger partial charge in [-0.1, -0.05) is 0 Å². The fourth-order valence-electron chi connectivity index (χ4n) is 3.17. The number of aliphatic imine (C=N–C) groups is 1. The minimum Gasteiger partial charge on any atom is -0.366 e. The Kier molecular flexibility index (Phi) is 6.94. The Bertz CT molecular complexity index is 853. The summed E-state index contributed by atoms with van der Waals surface area (Å²) in [5, 5.41) is 6.04. The lowest BCUT2D eigenvalue weighted by atomic mass is 10.2. The van der Waals surface area contributed by atoms with E-state index in [1.54, 1.807) is 25.4 Å². The molecule has 2 aromatic rings. The molecular weight excluding hydrogens is 378 g/mol. The summed E-state index contributed by atoms with van der Waals surface area (Å²) >= 11 is 0. The van der Waals surface area contributed by atoms with Crippen molar-refractivity contribution in [3.05, 3.63) is 59.9 Å². The number of aromatic nitrogens is 1. The molecule has 2 N–H and O–H groups in total. The smallest absolute Gasteiger partial charge is 0.252 e. The number of piperazine rings is 1. The Morgan fingerprint density at radius 1 is 1.14 bits per heavy atom. The number of nitrogens with zero attached hydrogens (tertiary/aromatic N) is 4. The van der Waals surface area contributed by atoms with Gasteiger partial charge in [-0.2, -0.15) is 0 Å². The van der Waals surface area contributed by atoms with Crippen LogP contribution in [0.2, 0.25) is 0 Å². The quantitative estimate of drug-likeness (QED) is 0.450. The minimum absolute atomic E-state index is 0.180. The second kappa shape index (κ2) is 9.81. The van der Waals surface area contributed by atoms with Crippen LogP contribution >= 0.6 is 0 Å². The molecule has 154 valence electrons. The lowest BCUT2D eigenvalue weighted by molar-refractivity contribution is 0.0954. The van der Waals surface area contributed by atoms with Crippen molar-refractivity contribution in [1.29, 1.82) is 0 Å². The molecule has 7 nitrogen and oxygen atoms in total. The highest BCUT2D eigenvalue weighted by atomic mass is 19.1. The number of carbonyl (C=O) groups is 1. The van der Waals surface area contributed by atoms with E-state index >= 15 is 0 Å². The normalized spacial score (nSPS) is 14.7. The van der Waals surface area contributed by atoms with Crippen LogP contribution in [0.4, 0.5) is 14.5 Å². The molecule has 9 heteroatoms. The highest BCUT2D eigenvalue weighted by Crippen LogP contribution is 2.21. The molecule has 0 atom stereocenters. The summed E-state index contributed by atoms with van der Waals surface area (Å²) in [4.78, 5) is 24.1. The topological polar surface area (TPSA) is 72.9 Å². The van der Waals surface area contributed by atoms with E-state index in [4.69, 9.17) is 0 Å². The summed E-state index contributed by atoms with van der Waals surface area (Å²) in [7, 11) is 1.69. The van der Waals surface area contributed by atoms with Crippen LogP contribution in [0.1, 0.15) is 10.4 Å². The predicted octanol–water partition coefficient (Wildman–Crippen LogP) is 1.49. The Labute approximate surface area is 168 Å². The van der Waals surface area contributed by atoms with Crippen molar-refractivity contribution in [2.75, 3.05) is 51.2 Å². The third-order valence-electron chi connectivity index (χ3n) is 4.66. The maximum Gasteiger partial charge on any atom is 0.252 e. The SMILES string of the molecule is CN=C(NCCNC(=O)c1cccnc1)N1CCN(c2cc(F)ccc2F)CC1. The number of halogens is 2. The Morgan fingerprint density at radius 2 is 1.90 bits per heavy atom. The number of anilines is 1. The van der Waals surface area contributed by atoms with Gasteiger partial charge in [0.2, 0.25) is 0 Å². The number of rotatable bonds is 5. The van der Waals surface area contributed by atoms with E-state index in [9.17, 15) is 13.6 Å². The summed E-state index contributed by atoms with van der Waals surface area (Å²) in [6.07, 6.45) is 3.13. The van der Waals surface area contributed by atoms with Crippen molar-refractivity contribution in [3.63, 3.8) is 0 Å². The van der Waals surface area contributed by atoms with E-state index < -0.39 is 11.6 Å². The van der Waals surface area contributed by atoms with Gasteiger partial charge in [-0.25, -0.2) is 8.78 Å². The molecule has 1 aromatic carbocycles. The molecule has 29 heavy (non-hydrogen) atoms. The predicted molar refractivity (Wildman–Crippen MR) is 108 cm³/mol. The molecule has 1 aromatic heterocycles. The number of benzene rings is 1. The summed E-state index contributed by atoms with van der Waals surface area (Å²) < 4.78 is 27.4. The van der Waals surface area contributed by atoms with Crippen molar-refractivity contribution in [2.45, 2.75) is 0 Å². The van der Waals surface area contributed by atoms with E-state index in [-0.39, 0.29) is 11.6 Å². The van der Waals surface area contributed by atoms with E-state index in [2.05, 4.69) is 25.5 Å². The zero-order valence-corrected chi connectivity index (χ0v) is 16.2. The highest BCUT2D eigenvalue weighted by Gasteiger charge is 2.22. The monoisotopic (exact) mass is 402 g/mol. The van der Waals surface area contributed by atoms with Gasteiger partial charge in [-0.3, -0.25) is 14.8 Å². The summed E-state index contributed by atoms with van der Waals surface area (Å²) in [6.45, 7) is 3.30. The van der Waals surface area contributed by atoms with E-state index in [0.717, 1.165) is 12.1 Å². The largest absolute Gasteiger partial charge is 0.366 e. The first-order valence-corrected chi connectivity index (χ1v) is 9.42. The number of hydrogen-bond donors (Lipinski definition) is 2. The first-order valence-electron chi connectivity index (χ1n) is 9.42. The number of pyridine rings is 1. The number of nitrogens with one attached hydrogen (secondary N) is 2. The van der Waals surface area contributed by atoms with E-state index in [1.807, 2.05) is 4.90 Å². The Hall–Kier alpha value is -3.23. The van der Waals surface area contributed by atoms with Gasteiger partial charge in [-0.05, 0) is 24.3 Å². The molecule has 0 bridgehead atoms. The second-order valence-electron chi connectivity index (χ2n) is 6.54. The fourth-order valence-corrected chi connectivity index (χ4v) is 3.17. The fraction of sp³-hybridized carbons (Fsp3) is 0.350. The van der Waals surface area contributed by atoms with Gasteiger partial charge in [0.1, 0.15) is 11.6 Å². The lowest BCUT2D eigenvalue weighted by Gasteiger charge is -2.37. The molecule has 1 saturated heterocycles. The first-order chi connectivity index (χ1) is 14.1. The van der Waals surface area contributed by atoms with Crippen LogP contribution in [-0.2, 0) is 0 Å². The van der Waals surface area contributed by atoms with Crippen LogP contribution in [0, 0.1) is 11.6 Å². The van der Waals surface area contributed by atoms with Crippen LogP contribution in [0.15, 0.2) is 47.7 Å². The maximum absolute atomic E-state index is 14.0. The zero-order valence-electron chi connectivity index (χ0n) is 16.2. The molecule has 0 spiro atoms. The van der Waals surface area contributed by atoms with Gasteiger partial charge in [0, 0.05) is 64.8 Å². The van der Waals surface area contributed by atoms with Crippen LogP contribution in [0.3, 0.4) is 0 Å².